The van der Waals surface area contributed by atoms with E-state index in [4.69, 9.17) is 4.42 Å². The molecule has 3 rings (SSSR count). The van der Waals surface area contributed by atoms with Crippen LogP contribution in [0.15, 0.2) is 28.7 Å². The number of nitrogens with one attached hydrogen (secondary N) is 2. The number of urea groups is 1. The van der Waals surface area contributed by atoms with Crippen molar-refractivity contribution in [1.29, 1.82) is 0 Å². The van der Waals surface area contributed by atoms with Gasteiger partial charge in [-0.1, -0.05) is 19.9 Å². The second-order valence-corrected chi connectivity index (χ2v) is 6.26. The lowest BCUT2D eigenvalue weighted by molar-refractivity contribution is 0.0933. The molecule has 0 spiro atoms. The maximum atomic E-state index is 12.5. The van der Waals surface area contributed by atoms with Gasteiger partial charge in [0.1, 0.15) is 6.04 Å². The molecule has 8 nitrogen and oxygen atoms in total. The van der Waals surface area contributed by atoms with Crippen LogP contribution >= 0.6 is 0 Å². The standard InChI is InChI=1S/C17H21N5O3/c1-10(2)15-20-21-16(25-15)11(3)19-14(23)12-5-4-6-13(9-12)22-8-7-18-17(22)24/h4-6,9-11H,7-8H2,1-3H3,(H,18,24)(H,19,23)/t11-/m0/s1. The summed E-state index contributed by atoms with van der Waals surface area (Å²) in [6.07, 6.45) is 0. The van der Waals surface area contributed by atoms with Crippen LogP contribution in [0.2, 0.25) is 0 Å². The Morgan fingerprint density at radius 3 is 2.68 bits per heavy atom. The minimum atomic E-state index is -0.411. The van der Waals surface area contributed by atoms with E-state index in [1.54, 1.807) is 36.1 Å². The Labute approximate surface area is 145 Å². The van der Waals surface area contributed by atoms with Gasteiger partial charge in [-0.25, -0.2) is 4.79 Å². The molecule has 1 atom stereocenters. The molecule has 1 aromatic carbocycles. The summed E-state index contributed by atoms with van der Waals surface area (Å²) in [5.41, 5.74) is 1.16. The van der Waals surface area contributed by atoms with Gasteiger partial charge in [-0.2, -0.15) is 0 Å². The largest absolute Gasteiger partial charge is 0.423 e. The molecule has 0 bridgehead atoms. The molecule has 2 aromatic rings. The summed E-state index contributed by atoms with van der Waals surface area (Å²) in [5, 5.41) is 13.5. The van der Waals surface area contributed by atoms with Crippen molar-refractivity contribution in [2.45, 2.75) is 32.7 Å². The molecule has 0 saturated carbocycles. The third kappa shape index (κ3) is 3.62. The van der Waals surface area contributed by atoms with Crippen LogP contribution in [-0.4, -0.2) is 35.2 Å². The monoisotopic (exact) mass is 343 g/mol. The fraction of sp³-hybridized carbons (Fsp3) is 0.412. The molecule has 2 N–H and O–H groups in total. The van der Waals surface area contributed by atoms with Crippen molar-refractivity contribution in [3.05, 3.63) is 41.6 Å². The van der Waals surface area contributed by atoms with E-state index >= 15 is 0 Å². The van der Waals surface area contributed by atoms with Gasteiger partial charge in [0.2, 0.25) is 11.8 Å². The normalized spacial score (nSPS) is 15.4. The number of aromatic nitrogens is 2. The molecular formula is C17H21N5O3. The maximum Gasteiger partial charge on any atom is 0.321 e. The van der Waals surface area contributed by atoms with Gasteiger partial charge in [-0.05, 0) is 25.1 Å². The zero-order valence-electron chi connectivity index (χ0n) is 14.4. The van der Waals surface area contributed by atoms with Gasteiger partial charge in [0.05, 0.1) is 0 Å². The van der Waals surface area contributed by atoms with Gasteiger partial charge in [-0.3, -0.25) is 9.69 Å². The van der Waals surface area contributed by atoms with Gasteiger partial charge in [0, 0.05) is 30.3 Å². The number of carbonyl (C=O) groups is 2. The minimum absolute atomic E-state index is 0.132. The van der Waals surface area contributed by atoms with Gasteiger partial charge >= 0.3 is 6.03 Å². The molecule has 0 radical (unpaired) electrons. The Hall–Kier alpha value is -2.90. The van der Waals surface area contributed by atoms with E-state index in [1.807, 2.05) is 13.8 Å². The first-order chi connectivity index (χ1) is 12.0. The van der Waals surface area contributed by atoms with Crippen LogP contribution in [-0.2, 0) is 0 Å². The molecular weight excluding hydrogens is 322 g/mol. The predicted molar refractivity (Wildman–Crippen MR) is 91.5 cm³/mol. The zero-order valence-corrected chi connectivity index (χ0v) is 14.4. The van der Waals surface area contributed by atoms with Crippen molar-refractivity contribution < 1.29 is 14.0 Å². The van der Waals surface area contributed by atoms with Crippen LogP contribution in [0.3, 0.4) is 0 Å². The average Bonchev–Trinajstić information content (AvgIpc) is 3.24. The fourth-order valence-corrected chi connectivity index (χ4v) is 2.53. The summed E-state index contributed by atoms with van der Waals surface area (Å²) in [6.45, 7) is 6.89. The Morgan fingerprint density at radius 2 is 2.04 bits per heavy atom. The van der Waals surface area contributed by atoms with Crippen molar-refractivity contribution in [2.24, 2.45) is 0 Å². The first-order valence-corrected chi connectivity index (χ1v) is 8.25. The van der Waals surface area contributed by atoms with Crippen molar-refractivity contribution in [3.8, 4) is 0 Å². The first kappa shape index (κ1) is 16.9. The quantitative estimate of drug-likeness (QED) is 0.867. The van der Waals surface area contributed by atoms with E-state index in [-0.39, 0.29) is 17.9 Å². The highest BCUT2D eigenvalue weighted by Gasteiger charge is 2.23. The van der Waals surface area contributed by atoms with E-state index in [2.05, 4.69) is 20.8 Å². The summed E-state index contributed by atoms with van der Waals surface area (Å²) in [4.78, 5) is 25.9. The van der Waals surface area contributed by atoms with Crippen LogP contribution in [0.25, 0.3) is 0 Å². The van der Waals surface area contributed by atoms with E-state index < -0.39 is 6.04 Å². The van der Waals surface area contributed by atoms with E-state index in [0.29, 0.717) is 36.1 Å². The number of hydrogen-bond acceptors (Lipinski definition) is 5. The molecule has 8 heteroatoms. The Kier molecular flexibility index (Phi) is 4.69. The third-order valence-electron chi connectivity index (χ3n) is 3.94. The molecule has 1 fully saturated rings. The first-order valence-electron chi connectivity index (χ1n) is 8.25. The van der Waals surface area contributed by atoms with Gasteiger partial charge in [0.25, 0.3) is 5.91 Å². The fourth-order valence-electron chi connectivity index (χ4n) is 2.53. The van der Waals surface area contributed by atoms with Crippen molar-refractivity contribution >= 4 is 17.6 Å². The molecule has 0 aliphatic carbocycles. The number of hydrogen-bond donors (Lipinski definition) is 2. The third-order valence-corrected chi connectivity index (χ3v) is 3.94. The lowest BCUT2D eigenvalue weighted by Crippen LogP contribution is -2.29. The Morgan fingerprint density at radius 1 is 1.28 bits per heavy atom. The predicted octanol–water partition coefficient (Wildman–Crippen LogP) is 2.21. The molecule has 1 saturated heterocycles. The topological polar surface area (TPSA) is 100 Å². The lowest BCUT2D eigenvalue weighted by Gasteiger charge is -2.16. The van der Waals surface area contributed by atoms with Crippen molar-refractivity contribution in [1.82, 2.24) is 20.8 Å². The SMILES string of the molecule is CC(C)c1nnc([C@H](C)NC(=O)c2cccc(N3CCNC3=O)c2)o1. The van der Waals surface area contributed by atoms with Crippen LogP contribution in [0.4, 0.5) is 10.5 Å². The van der Waals surface area contributed by atoms with Gasteiger partial charge in [-0.15, -0.1) is 10.2 Å². The number of nitrogens with zero attached hydrogens (tertiary/aromatic N) is 3. The van der Waals surface area contributed by atoms with Gasteiger partial charge in [0.15, 0.2) is 0 Å². The zero-order chi connectivity index (χ0) is 18.0. The highest BCUT2D eigenvalue weighted by atomic mass is 16.4. The van der Waals surface area contributed by atoms with Crippen LogP contribution < -0.4 is 15.5 Å². The van der Waals surface area contributed by atoms with Crippen LogP contribution in [0.5, 0.6) is 0 Å². The Balaban J connectivity index is 1.71. The maximum absolute atomic E-state index is 12.5. The highest BCUT2D eigenvalue weighted by Crippen LogP contribution is 2.20. The number of anilines is 1. The molecule has 1 aromatic heterocycles. The number of amides is 3. The summed E-state index contributed by atoms with van der Waals surface area (Å²) in [7, 11) is 0. The van der Waals surface area contributed by atoms with Gasteiger partial charge < -0.3 is 15.1 Å². The second-order valence-electron chi connectivity index (χ2n) is 6.26. The summed E-state index contributed by atoms with van der Waals surface area (Å²) < 4.78 is 5.56. The molecule has 25 heavy (non-hydrogen) atoms. The van der Waals surface area contributed by atoms with Crippen LogP contribution in [0.1, 0.15) is 54.9 Å². The van der Waals surface area contributed by atoms with E-state index in [0.717, 1.165) is 0 Å². The smallest absolute Gasteiger partial charge is 0.321 e. The molecule has 0 unspecified atom stereocenters. The van der Waals surface area contributed by atoms with Crippen molar-refractivity contribution in [3.63, 3.8) is 0 Å². The molecule has 132 valence electrons. The van der Waals surface area contributed by atoms with E-state index in [9.17, 15) is 9.59 Å². The molecule has 1 aliphatic rings. The Bertz CT molecular complexity index is 786. The number of rotatable bonds is 5. The average molecular weight is 343 g/mol. The van der Waals surface area contributed by atoms with Crippen molar-refractivity contribution in [2.75, 3.05) is 18.0 Å². The number of carbonyl (C=O) groups excluding carboxylic acids is 2. The highest BCUT2D eigenvalue weighted by molar-refractivity contribution is 5.98. The summed E-state index contributed by atoms with van der Waals surface area (Å²) in [5.74, 6) is 0.774. The van der Waals surface area contributed by atoms with E-state index in [1.165, 1.54) is 0 Å². The number of benzene rings is 1. The second kappa shape index (κ2) is 6.92. The lowest BCUT2D eigenvalue weighted by atomic mass is 10.1. The molecule has 3 amide bonds. The summed E-state index contributed by atoms with van der Waals surface area (Å²) in [6, 6.07) is 6.39. The van der Waals surface area contributed by atoms with Crippen LogP contribution in [0, 0.1) is 0 Å². The minimum Gasteiger partial charge on any atom is -0.423 e. The molecule has 1 aliphatic heterocycles. The molecule has 2 heterocycles. The summed E-state index contributed by atoms with van der Waals surface area (Å²) >= 11 is 0.